The largest absolute Gasteiger partial charge is 0.486 e. The minimum absolute atomic E-state index is 0.0745. The Morgan fingerprint density at radius 1 is 1.33 bits per heavy atom. The third-order valence-electron chi connectivity index (χ3n) is 7.52. The average molecular weight is 498 g/mol. The molecule has 0 spiro atoms. The maximum atomic E-state index is 15.8. The molecule has 0 amide bonds. The van der Waals surface area contributed by atoms with Crippen LogP contribution < -0.4 is 10.1 Å². The summed E-state index contributed by atoms with van der Waals surface area (Å²) in [5.41, 5.74) is 1.94. The van der Waals surface area contributed by atoms with E-state index in [1.165, 1.54) is 12.7 Å². The minimum Gasteiger partial charge on any atom is -0.486 e. The minimum atomic E-state index is -1.25. The molecule has 8 heteroatoms. The van der Waals surface area contributed by atoms with Gasteiger partial charge in [0, 0.05) is 37.8 Å². The van der Waals surface area contributed by atoms with Gasteiger partial charge in [0.25, 0.3) is 0 Å². The number of methoxy groups -OCH3 is 1. The Bertz CT molecular complexity index is 1060. The van der Waals surface area contributed by atoms with Crippen molar-refractivity contribution in [2.24, 2.45) is 0 Å². The fourth-order valence-corrected chi connectivity index (χ4v) is 5.34. The number of nitrogens with one attached hydrogen (secondary N) is 1. The highest BCUT2D eigenvalue weighted by Crippen LogP contribution is 2.34. The van der Waals surface area contributed by atoms with Crippen molar-refractivity contribution in [2.75, 3.05) is 51.8 Å². The van der Waals surface area contributed by atoms with Crippen LogP contribution in [0.25, 0.3) is 0 Å². The fourth-order valence-electron chi connectivity index (χ4n) is 5.34. The Morgan fingerprint density at radius 2 is 2.22 bits per heavy atom. The molecule has 2 atom stereocenters. The molecule has 3 aliphatic heterocycles. The molecule has 0 saturated carbocycles. The first-order chi connectivity index (χ1) is 17.5. The van der Waals surface area contributed by atoms with Crippen LogP contribution in [0.3, 0.4) is 0 Å². The van der Waals surface area contributed by atoms with Gasteiger partial charge in [-0.15, -0.1) is 0 Å². The standard InChI is InChI=1S/C28H36FN3O4/c1-34-26(33)15-22(21-4-2-6-24(14-21)36-25-17-35-18-25)16-32-13-11-28(29,19-32)10-9-23-8-7-20-5-3-12-30-27(20)31-23/h2,4,6-8,14,22,25H,3,5,9-13,15-19H2,1H3,(H,30,31). The highest BCUT2D eigenvalue weighted by Gasteiger charge is 2.39. The summed E-state index contributed by atoms with van der Waals surface area (Å²) in [6.45, 7) is 3.77. The number of fused-ring (bicyclic) bond motifs is 1. The van der Waals surface area contributed by atoms with Gasteiger partial charge in [-0.05, 0) is 61.4 Å². The van der Waals surface area contributed by atoms with E-state index in [0.717, 1.165) is 42.2 Å². The number of aromatic nitrogens is 1. The lowest BCUT2D eigenvalue weighted by Gasteiger charge is -2.28. The first-order valence-electron chi connectivity index (χ1n) is 13.0. The zero-order chi connectivity index (χ0) is 25.0. The number of halogens is 1. The van der Waals surface area contributed by atoms with E-state index in [2.05, 4.69) is 16.3 Å². The number of esters is 1. The van der Waals surface area contributed by atoms with Gasteiger partial charge >= 0.3 is 5.97 Å². The number of aryl methyl sites for hydroxylation is 2. The van der Waals surface area contributed by atoms with E-state index in [4.69, 9.17) is 19.2 Å². The maximum Gasteiger partial charge on any atom is 0.306 e. The van der Waals surface area contributed by atoms with Crippen molar-refractivity contribution >= 4 is 11.8 Å². The fraction of sp³-hybridized carbons (Fsp3) is 0.571. The third-order valence-corrected chi connectivity index (χ3v) is 7.52. The quantitative estimate of drug-likeness (QED) is 0.499. The van der Waals surface area contributed by atoms with Gasteiger partial charge in [-0.3, -0.25) is 9.69 Å². The van der Waals surface area contributed by atoms with Gasteiger partial charge in [0.05, 0.1) is 26.7 Å². The van der Waals surface area contributed by atoms with E-state index in [9.17, 15) is 4.79 Å². The van der Waals surface area contributed by atoms with Crippen LogP contribution in [-0.2, 0) is 27.1 Å². The number of benzene rings is 1. The Kier molecular flexibility index (Phi) is 7.72. The lowest BCUT2D eigenvalue weighted by atomic mass is 9.94. The molecule has 1 N–H and O–H groups in total. The Balaban J connectivity index is 1.20. The van der Waals surface area contributed by atoms with Crippen LogP contribution in [0.5, 0.6) is 5.75 Å². The second-order valence-corrected chi connectivity index (χ2v) is 10.3. The lowest BCUT2D eigenvalue weighted by Crippen LogP contribution is -2.38. The molecule has 2 aromatic rings. The predicted molar refractivity (Wildman–Crippen MR) is 135 cm³/mol. The van der Waals surface area contributed by atoms with Crippen LogP contribution in [0.1, 0.15) is 48.4 Å². The number of hydrogen-bond donors (Lipinski definition) is 1. The van der Waals surface area contributed by atoms with E-state index in [1.807, 2.05) is 30.3 Å². The zero-order valence-corrected chi connectivity index (χ0v) is 21.0. The number of alkyl halides is 1. The molecule has 1 aromatic carbocycles. The second-order valence-electron chi connectivity index (χ2n) is 10.3. The molecule has 2 fully saturated rings. The van der Waals surface area contributed by atoms with Gasteiger partial charge in [0.1, 0.15) is 23.3 Å². The normalized spacial score (nSPS) is 22.8. The summed E-state index contributed by atoms with van der Waals surface area (Å²) < 4.78 is 31.9. The Labute approximate surface area is 212 Å². The summed E-state index contributed by atoms with van der Waals surface area (Å²) in [5, 5.41) is 3.36. The van der Waals surface area contributed by atoms with Crippen molar-refractivity contribution in [3.8, 4) is 5.75 Å². The second kappa shape index (κ2) is 11.1. The molecule has 194 valence electrons. The maximum absolute atomic E-state index is 15.8. The van der Waals surface area contributed by atoms with Crippen molar-refractivity contribution in [1.29, 1.82) is 0 Å². The molecule has 2 unspecified atom stereocenters. The van der Waals surface area contributed by atoms with E-state index in [1.54, 1.807) is 0 Å². The molecule has 36 heavy (non-hydrogen) atoms. The van der Waals surface area contributed by atoms with Gasteiger partial charge in [-0.25, -0.2) is 9.37 Å². The topological polar surface area (TPSA) is 72.9 Å². The van der Waals surface area contributed by atoms with Crippen molar-refractivity contribution in [3.63, 3.8) is 0 Å². The molecule has 3 aliphatic rings. The Hall–Kier alpha value is -2.71. The predicted octanol–water partition coefficient (Wildman–Crippen LogP) is 3.91. The molecule has 5 rings (SSSR count). The molecule has 1 aromatic heterocycles. The van der Waals surface area contributed by atoms with E-state index in [-0.39, 0.29) is 24.4 Å². The number of anilines is 1. The first-order valence-corrected chi connectivity index (χ1v) is 13.0. The van der Waals surface area contributed by atoms with Crippen LogP contribution in [0, 0.1) is 0 Å². The summed E-state index contributed by atoms with van der Waals surface area (Å²) in [6, 6.07) is 12.0. The lowest BCUT2D eigenvalue weighted by molar-refractivity contribution is -0.141. The highest BCUT2D eigenvalue weighted by atomic mass is 19.1. The van der Waals surface area contributed by atoms with Crippen molar-refractivity contribution in [2.45, 2.75) is 56.2 Å². The zero-order valence-electron chi connectivity index (χ0n) is 21.0. The molecular weight excluding hydrogens is 461 g/mol. The number of pyridine rings is 1. The van der Waals surface area contributed by atoms with Crippen molar-refractivity contribution in [1.82, 2.24) is 9.88 Å². The van der Waals surface area contributed by atoms with Gasteiger partial charge in [-0.2, -0.15) is 0 Å². The summed E-state index contributed by atoms with van der Waals surface area (Å²) in [5.74, 6) is 1.36. The van der Waals surface area contributed by atoms with E-state index in [0.29, 0.717) is 52.1 Å². The third kappa shape index (κ3) is 6.16. The summed E-state index contributed by atoms with van der Waals surface area (Å²) in [4.78, 5) is 19.1. The van der Waals surface area contributed by atoms with Gasteiger partial charge < -0.3 is 19.5 Å². The first kappa shape index (κ1) is 25.0. The summed E-state index contributed by atoms with van der Waals surface area (Å²) in [7, 11) is 1.40. The van der Waals surface area contributed by atoms with Crippen LogP contribution in [0.2, 0.25) is 0 Å². The average Bonchev–Trinajstić information content (AvgIpc) is 3.25. The van der Waals surface area contributed by atoms with Crippen LogP contribution in [0.15, 0.2) is 36.4 Å². The van der Waals surface area contributed by atoms with Crippen LogP contribution in [0.4, 0.5) is 10.2 Å². The smallest absolute Gasteiger partial charge is 0.306 e. The molecule has 4 heterocycles. The number of rotatable bonds is 10. The molecule has 2 saturated heterocycles. The SMILES string of the molecule is COC(=O)CC(CN1CCC(F)(CCc2ccc3c(n2)NCCC3)C1)c1cccc(OC2COC2)c1. The molecule has 7 nitrogen and oxygen atoms in total. The number of nitrogens with zero attached hydrogens (tertiary/aromatic N) is 2. The number of carbonyl (C=O) groups is 1. The van der Waals surface area contributed by atoms with Crippen LogP contribution in [-0.4, -0.2) is 74.1 Å². The van der Waals surface area contributed by atoms with Crippen molar-refractivity contribution < 1.29 is 23.4 Å². The summed E-state index contributed by atoms with van der Waals surface area (Å²) >= 11 is 0. The molecule has 0 aliphatic carbocycles. The molecule has 0 bridgehead atoms. The summed E-state index contributed by atoms with van der Waals surface area (Å²) in [6.07, 6.45) is 4.06. The van der Waals surface area contributed by atoms with Gasteiger partial charge in [0.2, 0.25) is 0 Å². The Morgan fingerprint density at radius 3 is 3.03 bits per heavy atom. The van der Waals surface area contributed by atoms with Gasteiger partial charge in [0.15, 0.2) is 0 Å². The van der Waals surface area contributed by atoms with E-state index >= 15 is 4.39 Å². The highest BCUT2D eigenvalue weighted by molar-refractivity contribution is 5.70. The molecule has 0 radical (unpaired) electrons. The van der Waals surface area contributed by atoms with Crippen molar-refractivity contribution in [3.05, 3.63) is 53.2 Å². The van der Waals surface area contributed by atoms with E-state index < -0.39 is 5.67 Å². The number of ether oxygens (including phenoxy) is 3. The molecular formula is C28H36FN3O4. The number of likely N-dealkylation sites (tertiary alicyclic amines) is 1. The number of hydrogen-bond acceptors (Lipinski definition) is 7. The number of carbonyl (C=O) groups excluding carboxylic acids is 1. The monoisotopic (exact) mass is 497 g/mol. The van der Waals surface area contributed by atoms with Gasteiger partial charge in [-0.1, -0.05) is 18.2 Å². The van der Waals surface area contributed by atoms with Crippen LogP contribution >= 0.6 is 0 Å².